The van der Waals surface area contributed by atoms with Gasteiger partial charge in [0, 0.05) is 6.42 Å². The zero-order valence-corrected chi connectivity index (χ0v) is 17.7. The number of nitrogens with two attached hydrogens (primary N) is 1. The molecule has 0 aromatic heterocycles. The molecule has 1 aliphatic carbocycles. The van der Waals surface area contributed by atoms with Gasteiger partial charge in [-0.05, 0) is 29.8 Å². The fourth-order valence-electron chi connectivity index (χ4n) is 3.53. The van der Waals surface area contributed by atoms with Crippen molar-refractivity contribution >= 4 is 27.3 Å². The molecule has 2 amide bonds. The van der Waals surface area contributed by atoms with E-state index >= 15 is 0 Å². The van der Waals surface area contributed by atoms with Gasteiger partial charge in [-0.3, -0.25) is 9.59 Å². The van der Waals surface area contributed by atoms with Crippen LogP contribution in [0.25, 0.3) is 0 Å². The van der Waals surface area contributed by atoms with Gasteiger partial charge < -0.3 is 16.0 Å². The SMILES string of the molecule is N#Cc1ccc(CN2C(=O)[C@@H](N)CS(=O)(=O)c3cc(F)c(C(=O)NC4CC4(F)F)cc32)cc1. The summed E-state index contributed by atoms with van der Waals surface area (Å²) in [5.41, 5.74) is 5.69. The van der Waals surface area contributed by atoms with E-state index in [0.717, 1.165) is 11.0 Å². The van der Waals surface area contributed by atoms with Crippen LogP contribution in [-0.2, 0) is 21.2 Å². The highest BCUT2D eigenvalue weighted by molar-refractivity contribution is 7.91. The number of benzene rings is 2. The van der Waals surface area contributed by atoms with Crippen LogP contribution >= 0.6 is 0 Å². The molecule has 33 heavy (non-hydrogen) atoms. The van der Waals surface area contributed by atoms with Gasteiger partial charge in [0.1, 0.15) is 5.82 Å². The predicted molar refractivity (Wildman–Crippen MR) is 110 cm³/mol. The molecular formula is C21H17F3N4O4S. The Kier molecular flexibility index (Phi) is 5.42. The molecule has 2 aromatic carbocycles. The second-order valence-corrected chi connectivity index (χ2v) is 9.91. The Balaban J connectivity index is 1.79. The third-order valence-corrected chi connectivity index (χ3v) is 7.25. The minimum Gasteiger partial charge on any atom is -0.343 e. The summed E-state index contributed by atoms with van der Waals surface area (Å²) in [6, 6.07) is 6.58. The average molecular weight is 478 g/mol. The summed E-state index contributed by atoms with van der Waals surface area (Å²) >= 11 is 0. The van der Waals surface area contributed by atoms with Crippen LogP contribution in [0.3, 0.4) is 0 Å². The van der Waals surface area contributed by atoms with Crippen LogP contribution in [0.4, 0.5) is 18.9 Å². The summed E-state index contributed by atoms with van der Waals surface area (Å²) in [7, 11) is -4.21. The molecule has 1 aliphatic heterocycles. The Morgan fingerprint density at radius 3 is 2.48 bits per heavy atom. The highest BCUT2D eigenvalue weighted by atomic mass is 32.2. The minimum atomic E-state index is -4.21. The minimum absolute atomic E-state index is 0.186. The zero-order valence-electron chi connectivity index (χ0n) is 16.9. The van der Waals surface area contributed by atoms with E-state index in [1.54, 1.807) is 12.1 Å². The number of rotatable bonds is 4. The first-order valence-corrected chi connectivity index (χ1v) is 11.4. The molecule has 2 atom stereocenters. The van der Waals surface area contributed by atoms with Crippen molar-refractivity contribution in [3.05, 3.63) is 58.9 Å². The van der Waals surface area contributed by atoms with Gasteiger partial charge in [0.05, 0.1) is 52.2 Å². The normalized spacial score (nSPS) is 22.6. The van der Waals surface area contributed by atoms with E-state index < -0.39 is 68.1 Å². The predicted octanol–water partition coefficient (Wildman–Crippen LogP) is 1.48. The van der Waals surface area contributed by atoms with Crippen molar-refractivity contribution in [1.82, 2.24) is 5.32 Å². The first kappa shape index (κ1) is 22.8. The summed E-state index contributed by atoms with van der Waals surface area (Å²) < 4.78 is 66.6. The lowest BCUT2D eigenvalue weighted by atomic mass is 10.1. The Morgan fingerprint density at radius 1 is 1.27 bits per heavy atom. The molecule has 1 heterocycles. The Hall–Kier alpha value is -3.43. The molecule has 8 nitrogen and oxygen atoms in total. The van der Waals surface area contributed by atoms with Gasteiger partial charge in [-0.15, -0.1) is 0 Å². The molecule has 2 aliphatic rings. The molecule has 1 saturated carbocycles. The van der Waals surface area contributed by atoms with Gasteiger partial charge in [-0.1, -0.05) is 12.1 Å². The second-order valence-electron chi connectivity index (χ2n) is 7.91. The summed E-state index contributed by atoms with van der Waals surface area (Å²) in [4.78, 5) is 25.8. The molecule has 1 unspecified atom stereocenters. The van der Waals surface area contributed by atoms with Crippen LogP contribution in [0.5, 0.6) is 0 Å². The van der Waals surface area contributed by atoms with Gasteiger partial charge >= 0.3 is 0 Å². The quantitative estimate of drug-likeness (QED) is 0.684. The number of sulfone groups is 1. The third kappa shape index (κ3) is 4.29. The van der Waals surface area contributed by atoms with Crippen LogP contribution in [0, 0.1) is 17.1 Å². The van der Waals surface area contributed by atoms with Crippen LogP contribution in [0.15, 0.2) is 41.3 Å². The third-order valence-electron chi connectivity index (χ3n) is 5.46. The fourth-order valence-corrected chi connectivity index (χ4v) is 5.10. The van der Waals surface area contributed by atoms with Gasteiger partial charge in [0.15, 0.2) is 9.84 Å². The van der Waals surface area contributed by atoms with E-state index in [4.69, 9.17) is 11.0 Å². The highest BCUT2D eigenvalue weighted by Crippen LogP contribution is 2.42. The van der Waals surface area contributed by atoms with Crippen molar-refractivity contribution in [3.8, 4) is 6.07 Å². The Morgan fingerprint density at radius 2 is 1.91 bits per heavy atom. The van der Waals surface area contributed by atoms with Crippen molar-refractivity contribution < 1.29 is 31.2 Å². The number of carbonyl (C=O) groups is 2. The maximum atomic E-state index is 14.7. The average Bonchev–Trinajstić information content (AvgIpc) is 3.37. The molecular weight excluding hydrogens is 461 g/mol. The largest absolute Gasteiger partial charge is 0.343 e. The molecule has 0 spiro atoms. The molecule has 12 heteroatoms. The highest BCUT2D eigenvalue weighted by Gasteiger charge is 2.58. The van der Waals surface area contributed by atoms with E-state index in [9.17, 15) is 31.2 Å². The number of nitrogens with one attached hydrogen (secondary N) is 1. The number of nitrogens with zero attached hydrogens (tertiary/aromatic N) is 2. The van der Waals surface area contributed by atoms with Gasteiger partial charge in [-0.2, -0.15) is 5.26 Å². The van der Waals surface area contributed by atoms with Crippen molar-refractivity contribution in [2.45, 2.75) is 35.9 Å². The number of hydrogen-bond acceptors (Lipinski definition) is 6. The molecule has 4 rings (SSSR count). The standard InChI is InChI=1S/C21H17F3N4O4S/c22-14-6-17-16(5-13(14)19(29)27-18-7-21(18,23)24)28(20(30)15(26)10-33(17,31)32)9-12-3-1-11(8-25)2-4-12/h1-6,15,18H,7,9-10,26H2,(H,27,29)/t15-,18?/m0/s1. The maximum absolute atomic E-state index is 14.7. The summed E-state index contributed by atoms with van der Waals surface area (Å²) in [6.45, 7) is -0.186. The van der Waals surface area contributed by atoms with Crippen LogP contribution in [-0.4, -0.2) is 44.0 Å². The number of alkyl halides is 2. The molecule has 3 N–H and O–H groups in total. The zero-order chi connectivity index (χ0) is 24.1. The lowest BCUT2D eigenvalue weighted by Crippen LogP contribution is -2.45. The number of carbonyl (C=O) groups excluding carboxylic acids is 2. The monoisotopic (exact) mass is 478 g/mol. The second kappa shape index (κ2) is 7.86. The van der Waals surface area contributed by atoms with Crippen LogP contribution in [0.2, 0.25) is 0 Å². The molecule has 0 bridgehead atoms. The van der Waals surface area contributed by atoms with Gasteiger partial charge in [-0.25, -0.2) is 21.6 Å². The van der Waals surface area contributed by atoms with E-state index in [0.29, 0.717) is 17.2 Å². The number of nitriles is 1. The molecule has 1 fully saturated rings. The van der Waals surface area contributed by atoms with Crippen molar-refractivity contribution in [3.63, 3.8) is 0 Å². The van der Waals surface area contributed by atoms with Gasteiger partial charge in [0.2, 0.25) is 5.91 Å². The van der Waals surface area contributed by atoms with E-state index in [1.807, 2.05) is 11.4 Å². The molecule has 0 radical (unpaired) electrons. The first-order valence-electron chi connectivity index (χ1n) is 9.74. The lowest BCUT2D eigenvalue weighted by Gasteiger charge is -2.25. The number of anilines is 1. The number of fused-ring (bicyclic) bond motifs is 1. The van der Waals surface area contributed by atoms with Crippen molar-refractivity contribution in [2.75, 3.05) is 10.7 Å². The van der Waals surface area contributed by atoms with E-state index in [-0.39, 0.29) is 12.2 Å². The van der Waals surface area contributed by atoms with E-state index in [1.165, 1.54) is 12.1 Å². The van der Waals surface area contributed by atoms with Crippen LogP contribution in [0.1, 0.15) is 27.9 Å². The molecule has 172 valence electrons. The molecule has 2 aromatic rings. The van der Waals surface area contributed by atoms with Gasteiger partial charge in [0.25, 0.3) is 11.8 Å². The fraction of sp³-hybridized carbons (Fsp3) is 0.286. The smallest absolute Gasteiger partial charge is 0.270 e. The van der Waals surface area contributed by atoms with Crippen LogP contribution < -0.4 is 16.0 Å². The lowest BCUT2D eigenvalue weighted by molar-refractivity contribution is -0.119. The van der Waals surface area contributed by atoms with Crippen molar-refractivity contribution in [1.29, 1.82) is 5.26 Å². The number of halogens is 3. The number of hydrogen-bond donors (Lipinski definition) is 2. The summed E-state index contributed by atoms with van der Waals surface area (Å²) in [6.07, 6.45) is -0.585. The number of amides is 2. The van der Waals surface area contributed by atoms with E-state index in [2.05, 4.69) is 0 Å². The van der Waals surface area contributed by atoms with Crippen molar-refractivity contribution in [2.24, 2.45) is 5.73 Å². The molecule has 0 saturated heterocycles. The first-order chi connectivity index (χ1) is 15.4. The topological polar surface area (TPSA) is 133 Å². The Bertz CT molecular complexity index is 1310. The Labute approximate surface area is 186 Å². The summed E-state index contributed by atoms with van der Waals surface area (Å²) in [5, 5.41) is 10.9. The maximum Gasteiger partial charge on any atom is 0.270 e. The summed E-state index contributed by atoms with van der Waals surface area (Å²) in [5.74, 6) is -7.05.